The van der Waals surface area contributed by atoms with Gasteiger partial charge in [0.2, 0.25) is 0 Å². The summed E-state index contributed by atoms with van der Waals surface area (Å²) in [7, 11) is 4.35. The molecule has 0 aliphatic rings. The van der Waals surface area contributed by atoms with Gasteiger partial charge < -0.3 is 19.5 Å². The third-order valence-corrected chi connectivity index (χ3v) is 3.30. The zero-order valence-electron chi connectivity index (χ0n) is 13.4. The minimum atomic E-state index is -0.660. The maximum atomic E-state index is 12.5. The molecule has 0 aliphatic carbocycles. The van der Waals surface area contributed by atoms with Gasteiger partial charge in [0.15, 0.2) is 0 Å². The number of ether oxygens (including phenoxy) is 3. The number of nitrogens with one attached hydrogen (secondary N) is 1. The number of carbonyl (C=O) groups is 1. The van der Waals surface area contributed by atoms with Gasteiger partial charge in [-0.15, -0.1) is 0 Å². The van der Waals surface area contributed by atoms with Gasteiger partial charge in [-0.1, -0.05) is 0 Å². The molecule has 0 bridgehead atoms. The summed E-state index contributed by atoms with van der Waals surface area (Å²) in [5.74, 6) is 0.580. The molecular formula is C16H16N2O6. The number of hydrogen-bond acceptors (Lipinski definition) is 6. The zero-order valence-corrected chi connectivity index (χ0v) is 13.4. The van der Waals surface area contributed by atoms with E-state index in [1.807, 2.05) is 0 Å². The Balaban J connectivity index is 2.41. The lowest BCUT2D eigenvalue weighted by Gasteiger charge is -2.12. The number of rotatable bonds is 6. The number of amides is 1. The van der Waals surface area contributed by atoms with Crippen LogP contribution in [-0.2, 0) is 0 Å². The predicted octanol–water partition coefficient (Wildman–Crippen LogP) is 2.87. The van der Waals surface area contributed by atoms with Crippen LogP contribution in [0.4, 0.5) is 11.4 Å². The van der Waals surface area contributed by atoms with Crippen molar-refractivity contribution in [2.24, 2.45) is 0 Å². The summed E-state index contributed by atoms with van der Waals surface area (Å²) in [5.41, 5.74) is -0.113. The van der Waals surface area contributed by atoms with Gasteiger partial charge in [0.25, 0.3) is 11.6 Å². The minimum Gasteiger partial charge on any atom is -0.497 e. The maximum absolute atomic E-state index is 12.5. The lowest BCUT2D eigenvalue weighted by molar-refractivity contribution is -0.385. The summed E-state index contributed by atoms with van der Waals surface area (Å²) in [5, 5.41) is 13.7. The molecule has 126 valence electrons. The van der Waals surface area contributed by atoms with Crippen LogP contribution >= 0.6 is 0 Å². The Morgan fingerprint density at radius 2 is 1.62 bits per heavy atom. The van der Waals surface area contributed by atoms with Crippen molar-refractivity contribution in [3.63, 3.8) is 0 Å². The van der Waals surface area contributed by atoms with E-state index in [1.54, 1.807) is 18.2 Å². The van der Waals surface area contributed by atoms with Gasteiger partial charge in [0, 0.05) is 12.1 Å². The molecule has 1 N–H and O–H groups in total. The fraction of sp³-hybridized carbons (Fsp3) is 0.188. The second-order valence-corrected chi connectivity index (χ2v) is 4.66. The van der Waals surface area contributed by atoms with Crippen molar-refractivity contribution in [2.45, 2.75) is 0 Å². The normalized spacial score (nSPS) is 9.96. The van der Waals surface area contributed by atoms with Crippen LogP contribution in [0.25, 0.3) is 0 Å². The highest BCUT2D eigenvalue weighted by Gasteiger charge is 2.22. The zero-order chi connectivity index (χ0) is 17.7. The minimum absolute atomic E-state index is 0.121. The molecule has 8 nitrogen and oxygen atoms in total. The third-order valence-electron chi connectivity index (χ3n) is 3.30. The molecule has 2 aromatic carbocycles. The molecule has 2 rings (SSSR count). The fourth-order valence-corrected chi connectivity index (χ4v) is 2.08. The van der Waals surface area contributed by atoms with Crippen LogP contribution in [0.5, 0.6) is 17.2 Å². The molecule has 0 heterocycles. The number of nitro groups is 1. The Hall–Kier alpha value is -3.29. The first-order valence-electron chi connectivity index (χ1n) is 6.86. The highest BCUT2D eigenvalue weighted by atomic mass is 16.6. The first-order chi connectivity index (χ1) is 11.5. The molecule has 0 saturated heterocycles. The van der Waals surface area contributed by atoms with Crippen LogP contribution in [0, 0.1) is 10.1 Å². The van der Waals surface area contributed by atoms with Gasteiger partial charge in [0.05, 0.1) is 31.9 Å². The number of anilines is 1. The average molecular weight is 332 g/mol. The molecule has 8 heteroatoms. The fourth-order valence-electron chi connectivity index (χ4n) is 2.08. The van der Waals surface area contributed by atoms with E-state index in [2.05, 4.69) is 5.32 Å². The van der Waals surface area contributed by atoms with Gasteiger partial charge >= 0.3 is 0 Å². The molecule has 0 fully saturated rings. The van der Waals surface area contributed by atoms with Crippen LogP contribution in [0.1, 0.15) is 10.4 Å². The monoisotopic (exact) mass is 332 g/mol. The van der Waals surface area contributed by atoms with Crippen LogP contribution in [-0.4, -0.2) is 32.2 Å². The number of hydrogen-bond donors (Lipinski definition) is 1. The van der Waals surface area contributed by atoms with Gasteiger partial charge in [-0.3, -0.25) is 14.9 Å². The Kier molecular flexibility index (Phi) is 5.20. The molecule has 0 aliphatic heterocycles. The van der Waals surface area contributed by atoms with E-state index in [9.17, 15) is 14.9 Å². The van der Waals surface area contributed by atoms with Crippen LogP contribution in [0.2, 0.25) is 0 Å². The summed E-state index contributed by atoms with van der Waals surface area (Å²) in [4.78, 5) is 23.0. The van der Waals surface area contributed by atoms with Gasteiger partial charge in [0.1, 0.15) is 22.8 Å². The van der Waals surface area contributed by atoms with Crippen molar-refractivity contribution in [1.29, 1.82) is 0 Å². The molecule has 0 radical (unpaired) electrons. The van der Waals surface area contributed by atoms with Crippen molar-refractivity contribution >= 4 is 17.3 Å². The van der Waals surface area contributed by atoms with Crippen molar-refractivity contribution in [3.8, 4) is 17.2 Å². The Bertz CT molecular complexity index is 775. The Morgan fingerprint density at radius 3 is 2.21 bits per heavy atom. The van der Waals surface area contributed by atoms with Crippen LogP contribution in [0.15, 0.2) is 36.4 Å². The standard InChI is InChI=1S/C16H16N2O6/c1-22-10-4-6-14(18(20)21)12(8-10)16(19)17-13-9-11(23-2)5-7-15(13)24-3/h4-9H,1-3H3,(H,17,19). The number of benzene rings is 2. The molecule has 0 unspecified atom stereocenters. The number of nitrogens with zero attached hydrogens (tertiary/aromatic N) is 1. The second kappa shape index (κ2) is 7.32. The number of carbonyl (C=O) groups excluding carboxylic acids is 1. The van der Waals surface area contributed by atoms with Crippen molar-refractivity contribution in [3.05, 3.63) is 52.1 Å². The summed E-state index contributed by atoms with van der Waals surface area (Å²) >= 11 is 0. The van der Waals surface area contributed by atoms with E-state index in [0.29, 0.717) is 22.9 Å². The second-order valence-electron chi connectivity index (χ2n) is 4.66. The SMILES string of the molecule is COc1ccc(OC)c(NC(=O)c2cc(OC)ccc2[N+](=O)[O-])c1. The largest absolute Gasteiger partial charge is 0.497 e. The first kappa shape index (κ1) is 17.1. The highest BCUT2D eigenvalue weighted by molar-refractivity contribution is 6.08. The van der Waals surface area contributed by atoms with E-state index >= 15 is 0 Å². The molecule has 0 spiro atoms. The van der Waals surface area contributed by atoms with Gasteiger partial charge in [-0.2, -0.15) is 0 Å². The van der Waals surface area contributed by atoms with E-state index in [1.165, 1.54) is 39.5 Å². The molecule has 0 saturated carbocycles. The molecular weight excluding hydrogens is 316 g/mol. The summed E-state index contributed by atoms with van der Waals surface area (Å²) in [6.45, 7) is 0. The van der Waals surface area contributed by atoms with E-state index in [0.717, 1.165) is 0 Å². The van der Waals surface area contributed by atoms with Gasteiger partial charge in [-0.05, 0) is 24.3 Å². The predicted molar refractivity (Wildman–Crippen MR) is 87.1 cm³/mol. The maximum Gasteiger partial charge on any atom is 0.282 e. The number of methoxy groups -OCH3 is 3. The highest BCUT2D eigenvalue weighted by Crippen LogP contribution is 2.31. The lowest BCUT2D eigenvalue weighted by Crippen LogP contribution is -2.15. The molecule has 2 aromatic rings. The van der Waals surface area contributed by atoms with E-state index < -0.39 is 10.8 Å². The van der Waals surface area contributed by atoms with Crippen molar-refractivity contribution in [1.82, 2.24) is 0 Å². The van der Waals surface area contributed by atoms with E-state index in [-0.39, 0.29) is 11.3 Å². The topological polar surface area (TPSA) is 99.9 Å². The summed E-state index contributed by atoms with van der Waals surface area (Å²) < 4.78 is 15.3. The molecule has 0 aromatic heterocycles. The van der Waals surface area contributed by atoms with Crippen molar-refractivity contribution in [2.75, 3.05) is 26.6 Å². The van der Waals surface area contributed by atoms with Gasteiger partial charge in [-0.25, -0.2) is 0 Å². The molecule has 0 atom stereocenters. The quantitative estimate of drug-likeness (QED) is 0.645. The number of nitro benzene ring substituents is 1. The van der Waals surface area contributed by atoms with Crippen LogP contribution in [0.3, 0.4) is 0 Å². The molecule has 1 amide bonds. The molecule has 24 heavy (non-hydrogen) atoms. The van der Waals surface area contributed by atoms with E-state index in [4.69, 9.17) is 14.2 Å². The van der Waals surface area contributed by atoms with Crippen LogP contribution < -0.4 is 19.5 Å². The smallest absolute Gasteiger partial charge is 0.282 e. The summed E-state index contributed by atoms with van der Waals surface area (Å²) in [6.07, 6.45) is 0. The average Bonchev–Trinajstić information content (AvgIpc) is 2.60. The lowest BCUT2D eigenvalue weighted by atomic mass is 10.1. The Labute approximate surface area is 138 Å². The Morgan fingerprint density at radius 1 is 1.00 bits per heavy atom. The third kappa shape index (κ3) is 3.54. The summed E-state index contributed by atoms with van der Waals surface area (Å²) in [6, 6.07) is 8.79. The van der Waals surface area contributed by atoms with Crippen molar-refractivity contribution < 1.29 is 23.9 Å². The first-order valence-corrected chi connectivity index (χ1v) is 6.86.